The summed E-state index contributed by atoms with van der Waals surface area (Å²) in [6.07, 6.45) is 0. The molecule has 0 aromatic heterocycles. The van der Waals surface area contributed by atoms with Crippen LogP contribution in [0.2, 0.25) is 0 Å². The van der Waals surface area contributed by atoms with E-state index in [0.717, 1.165) is 0 Å². The van der Waals surface area contributed by atoms with Gasteiger partial charge in [-0.3, -0.25) is 0 Å². The van der Waals surface area contributed by atoms with Crippen molar-refractivity contribution in [2.75, 3.05) is 0 Å². The Bertz CT molecular complexity index is 3.25. The molecule has 0 aliphatic rings. The quantitative estimate of drug-likeness (QED) is 0.528. The van der Waals surface area contributed by atoms with Crippen molar-refractivity contribution < 1.29 is 55.7 Å². The molecule has 4 heteroatoms. The molecule has 0 fully saturated rings. The van der Waals surface area contributed by atoms with Crippen LogP contribution in [0.1, 0.15) is 0 Å². The van der Waals surface area contributed by atoms with E-state index in [1.54, 1.807) is 0 Å². The monoisotopic (exact) mass is 274 g/mol. The first-order valence-electron chi connectivity index (χ1n) is 0. The van der Waals surface area contributed by atoms with Gasteiger partial charge in [-0.15, -0.1) is 0 Å². The second-order valence-electron chi connectivity index (χ2n) is 0. The van der Waals surface area contributed by atoms with Gasteiger partial charge in [0, 0.05) is 80.1 Å². The van der Waals surface area contributed by atoms with Crippen molar-refractivity contribution >= 4 is 24.4 Å². The zero-order chi connectivity index (χ0) is 0. The smallest absolute Gasteiger partial charge is 0 e. The Morgan fingerprint density at radius 1 is 0.500 bits per heavy atom. The van der Waals surface area contributed by atoms with Crippen molar-refractivity contribution in [2.24, 2.45) is 0 Å². The van der Waals surface area contributed by atoms with Crippen LogP contribution in [0.3, 0.4) is 0 Å². The Kier molecular flexibility index (Phi) is 136. The molecule has 0 saturated heterocycles. The third kappa shape index (κ3) is 8.82. The van der Waals surface area contributed by atoms with E-state index >= 15 is 0 Å². The molecule has 0 bridgehead atoms. The van der Waals surface area contributed by atoms with Crippen LogP contribution in [-0.2, 0) is 55.7 Å². The van der Waals surface area contributed by atoms with Crippen LogP contribution in [0.25, 0.3) is 0 Å². The summed E-state index contributed by atoms with van der Waals surface area (Å²) in [5.74, 6) is 0. The van der Waals surface area contributed by atoms with Crippen LogP contribution in [0, 0.1) is 0 Å². The number of hydrogen-bond donors (Lipinski definition) is 0. The first kappa shape index (κ1) is 30.8. The number of hydrogen-bond acceptors (Lipinski definition) is 0. The summed E-state index contributed by atoms with van der Waals surface area (Å²) in [5, 5.41) is 0. The fourth-order valence-electron chi connectivity index (χ4n) is 0. The maximum atomic E-state index is 0. The van der Waals surface area contributed by atoms with Crippen molar-refractivity contribution in [3.8, 4) is 0 Å². The van der Waals surface area contributed by atoms with Crippen LogP contribution in [-0.4, -0.2) is 24.4 Å². The van der Waals surface area contributed by atoms with Crippen LogP contribution in [0.5, 0.6) is 0 Å². The molecule has 0 atom stereocenters. The molecule has 0 N–H and O–H groups in total. The van der Waals surface area contributed by atoms with E-state index in [4.69, 9.17) is 0 Å². The molecule has 20 valence electrons. The van der Waals surface area contributed by atoms with E-state index in [-0.39, 0.29) is 80.1 Å². The largest absolute Gasteiger partial charge is 0 e. The predicted molar refractivity (Wildman–Crippen MR) is 5.75 cm³/mol. The predicted octanol–water partition coefficient (Wildman–Crippen LogP) is -0.388. The molecule has 0 unspecified atom stereocenters. The molecular formula is SbV3. The maximum absolute atomic E-state index is 0. The second kappa shape index (κ2) is 17.6. The van der Waals surface area contributed by atoms with Gasteiger partial charge >= 0.3 is 0 Å². The standard InChI is InChI=1S/Sb.3V. The second-order valence-corrected chi connectivity index (χ2v) is 0. The minimum atomic E-state index is 0. The molecule has 0 aliphatic heterocycles. The number of rotatable bonds is 0. The van der Waals surface area contributed by atoms with Gasteiger partial charge in [-0.05, 0) is 0 Å². The minimum absolute atomic E-state index is 0. The molecule has 0 nitrogen and oxygen atoms in total. The average Bonchev–Trinajstić information content (AvgIpc) is 0. The van der Waals surface area contributed by atoms with Crippen molar-refractivity contribution in [2.45, 2.75) is 0 Å². The van der Waals surface area contributed by atoms with Crippen LogP contribution in [0.4, 0.5) is 0 Å². The Hall–Kier alpha value is 2.57. The fourth-order valence-corrected chi connectivity index (χ4v) is 0. The summed E-state index contributed by atoms with van der Waals surface area (Å²) < 4.78 is 0. The third-order valence-electron chi connectivity index (χ3n) is 0. The van der Waals surface area contributed by atoms with Gasteiger partial charge < -0.3 is 0 Å². The topological polar surface area (TPSA) is 0 Å². The SMILES string of the molecule is [Sb].[V].[V].[V]. The van der Waals surface area contributed by atoms with E-state index in [1.807, 2.05) is 0 Å². The molecular weight excluding hydrogens is 275 g/mol. The van der Waals surface area contributed by atoms with Gasteiger partial charge in [0.15, 0.2) is 0 Å². The molecule has 0 aliphatic carbocycles. The van der Waals surface area contributed by atoms with Gasteiger partial charge in [-0.25, -0.2) is 0 Å². The summed E-state index contributed by atoms with van der Waals surface area (Å²) in [6.45, 7) is 0. The Morgan fingerprint density at radius 3 is 0.500 bits per heavy atom. The van der Waals surface area contributed by atoms with Gasteiger partial charge in [0.25, 0.3) is 0 Å². The van der Waals surface area contributed by atoms with E-state index < -0.39 is 0 Å². The summed E-state index contributed by atoms with van der Waals surface area (Å²) in [4.78, 5) is 0. The molecule has 0 heterocycles. The van der Waals surface area contributed by atoms with Crippen molar-refractivity contribution in [1.29, 1.82) is 0 Å². The average molecular weight is 275 g/mol. The maximum Gasteiger partial charge on any atom is 0 e. The van der Waals surface area contributed by atoms with Crippen LogP contribution >= 0.6 is 0 Å². The summed E-state index contributed by atoms with van der Waals surface area (Å²) in [7, 11) is 0. The van der Waals surface area contributed by atoms with E-state index in [0.29, 0.717) is 0 Å². The Morgan fingerprint density at radius 2 is 0.500 bits per heavy atom. The summed E-state index contributed by atoms with van der Waals surface area (Å²) in [6, 6.07) is 0. The molecule has 6 radical (unpaired) electrons. The molecule has 0 amide bonds. The zero-order valence-corrected chi connectivity index (χ0v) is 8.53. The van der Waals surface area contributed by atoms with Crippen LogP contribution < -0.4 is 0 Å². The normalized spacial score (nSPS) is 0. The molecule has 4 heavy (non-hydrogen) atoms. The molecule has 0 spiro atoms. The third-order valence-corrected chi connectivity index (χ3v) is 0. The molecule has 0 aromatic rings. The van der Waals surface area contributed by atoms with E-state index in [2.05, 4.69) is 0 Å². The van der Waals surface area contributed by atoms with E-state index in [9.17, 15) is 0 Å². The van der Waals surface area contributed by atoms with Gasteiger partial charge in [0.1, 0.15) is 0 Å². The van der Waals surface area contributed by atoms with E-state index in [1.165, 1.54) is 0 Å². The Balaban J connectivity index is 0. The van der Waals surface area contributed by atoms with Crippen molar-refractivity contribution in [1.82, 2.24) is 0 Å². The summed E-state index contributed by atoms with van der Waals surface area (Å²) in [5.41, 5.74) is 0. The van der Waals surface area contributed by atoms with Crippen LogP contribution in [0.15, 0.2) is 0 Å². The van der Waals surface area contributed by atoms with Gasteiger partial charge in [-0.1, -0.05) is 0 Å². The molecule has 0 saturated carbocycles. The Labute approximate surface area is 79.0 Å². The first-order valence-corrected chi connectivity index (χ1v) is 0. The molecule has 0 aromatic carbocycles. The minimum Gasteiger partial charge on any atom is 0 e. The molecule has 0 rings (SSSR count). The van der Waals surface area contributed by atoms with Crippen molar-refractivity contribution in [3.63, 3.8) is 0 Å². The van der Waals surface area contributed by atoms with Gasteiger partial charge in [0.2, 0.25) is 0 Å². The van der Waals surface area contributed by atoms with Gasteiger partial charge in [-0.2, -0.15) is 0 Å². The fraction of sp³-hybridized carbons (Fsp3) is 0. The van der Waals surface area contributed by atoms with Crippen molar-refractivity contribution in [3.05, 3.63) is 0 Å². The summed E-state index contributed by atoms with van der Waals surface area (Å²) >= 11 is 0. The first-order chi connectivity index (χ1) is 0. The zero-order valence-electron chi connectivity index (χ0n) is 1.79. The van der Waals surface area contributed by atoms with Gasteiger partial charge in [0.05, 0.1) is 0 Å².